The van der Waals surface area contributed by atoms with Crippen molar-refractivity contribution in [2.24, 2.45) is 0 Å². The van der Waals surface area contributed by atoms with Crippen molar-refractivity contribution in [1.29, 1.82) is 0 Å². The first-order valence-electron chi connectivity index (χ1n) is 11.2. The summed E-state index contributed by atoms with van der Waals surface area (Å²) in [6, 6.07) is 6.42. The molecule has 1 saturated heterocycles. The average Bonchev–Trinajstić information content (AvgIpc) is 3.57. The highest BCUT2D eigenvalue weighted by atomic mass is 35.5. The molecule has 0 aliphatic carbocycles. The number of nitrogens with two attached hydrogens (primary N) is 1. The summed E-state index contributed by atoms with van der Waals surface area (Å²) in [6.45, 7) is 6.62. The lowest BCUT2D eigenvalue weighted by molar-refractivity contribution is 0.229. The molecular formula is C24H28Cl3N7O2S. The first kappa shape index (κ1) is 29.0. The van der Waals surface area contributed by atoms with Gasteiger partial charge >= 0.3 is 0 Å². The molecule has 0 amide bonds. The number of fused-ring (bicyclic) bond motifs is 2. The Balaban J connectivity index is 0.00000127. The van der Waals surface area contributed by atoms with Gasteiger partial charge in [0, 0.05) is 43.2 Å². The fourth-order valence-corrected chi connectivity index (χ4v) is 5.97. The summed E-state index contributed by atoms with van der Waals surface area (Å²) in [6.07, 6.45) is 4.72. The van der Waals surface area contributed by atoms with E-state index >= 15 is 0 Å². The van der Waals surface area contributed by atoms with E-state index in [0.717, 1.165) is 74.8 Å². The molecule has 5 aromatic rings. The molecule has 5 heterocycles. The summed E-state index contributed by atoms with van der Waals surface area (Å²) < 4.78 is 14.6. The van der Waals surface area contributed by atoms with E-state index in [1.807, 2.05) is 4.52 Å². The monoisotopic (exact) mass is 583 g/mol. The molecule has 1 fully saturated rings. The number of anilines is 1. The van der Waals surface area contributed by atoms with Crippen molar-refractivity contribution in [2.45, 2.75) is 13.5 Å². The normalized spacial score (nSPS) is 13.7. The largest absolute Gasteiger partial charge is 0.495 e. The van der Waals surface area contributed by atoms with E-state index in [1.165, 1.54) is 12.7 Å². The highest BCUT2D eigenvalue weighted by molar-refractivity contribution is 7.22. The molecule has 0 saturated carbocycles. The number of nitrogens with one attached hydrogen (secondary N) is 1. The number of ether oxygens (including phenoxy) is 1. The van der Waals surface area contributed by atoms with Crippen LogP contribution in [0.25, 0.3) is 37.4 Å². The molecule has 198 valence electrons. The van der Waals surface area contributed by atoms with Gasteiger partial charge in [0.15, 0.2) is 18.0 Å². The Bertz CT molecular complexity index is 1500. The van der Waals surface area contributed by atoms with Crippen LogP contribution in [-0.4, -0.2) is 57.8 Å². The van der Waals surface area contributed by atoms with E-state index in [0.29, 0.717) is 18.1 Å². The average molecular weight is 585 g/mol. The number of oxazole rings is 1. The smallest absolute Gasteiger partial charge is 0.181 e. The number of hydrogen-bond acceptors (Lipinski definition) is 9. The summed E-state index contributed by atoms with van der Waals surface area (Å²) in [4.78, 5) is 12.0. The summed E-state index contributed by atoms with van der Waals surface area (Å²) in [5.41, 5.74) is 11.3. The van der Waals surface area contributed by atoms with Gasteiger partial charge in [-0.15, -0.1) is 48.6 Å². The molecule has 1 aromatic carbocycles. The number of rotatable bonds is 5. The van der Waals surface area contributed by atoms with Crippen molar-refractivity contribution in [3.05, 3.63) is 48.4 Å². The molecular weight excluding hydrogens is 557 g/mol. The summed E-state index contributed by atoms with van der Waals surface area (Å²) in [5, 5.41) is 9.17. The molecule has 0 radical (unpaired) electrons. The van der Waals surface area contributed by atoms with Gasteiger partial charge in [-0.3, -0.25) is 4.90 Å². The second kappa shape index (κ2) is 11.8. The third-order valence-electron chi connectivity index (χ3n) is 6.30. The minimum absolute atomic E-state index is 0. The van der Waals surface area contributed by atoms with Gasteiger partial charge in [0.25, 0.3) is 0 Å². The van der Waals surface area contributed by atoms with Crippen LogP contribution in [0.15, 0.2) is 41.5 Å². The number of nitrogens with zero attached hydrogens (tertiary/aromatic N) is 5. The molecule has 37 heavy (non-hydrogen) atoms. The van der Waals surface area contributed by atoms with Gasteiger partial charge < -0.3 is 20.2 Å². The second-order valence-electron chi connectivity index (χ2n) is 8.49. The molecule has 1 aliphatic heterocycles. The van der Waals surface area contributed by atoms with Crippen LogP contribution in [0.4, 0.5) is 5.82 Å². The van der Waals surface area contributed by atoms with Crippen molar-refractivity contribution in [1.82, 2.24) is 29.8 Å². The number of aromatic nitrogens is 4. The predicted molar refractivity (Wildman–Crippen MR) is 155 cm³/mol. The minimum atomic E-state index is 0. The molecule has 13 heteroatoms. The van der Waals surface area contributed by atoms with Crippen molar-refractivity contribution in [2.75, 3.05) is 39.0 Å². The molecule has 6 rings (SSSR count). The van der Waals surface area contributed by atoms with Gasteiger partial charge in [-0.25, -0.2) is 14.5 Å². The molecule has 4 aromatic heterocycles. The van der Waals surface area contributed by atoms with Crippen LogP contribution in [0.2, 0.25) is 0 Å². The second-order valence-corrected chi connectivity index (χ2v) is 9.54. The zero-order valence-electron chi connectivity index (χ0n) is 20.3. The van der Waals surface area contributed by atoms with Crippen molar-refractivity contribution >= 4 is 70.0 Å². The van der Waals surface area contributed by atoms with Gasteiger partial charge in [-0.05, 0) is 30.0 Å². The van der Waals surface area contributed by atoms with Gasteiger partial charge in [-0.1, -0.05) is 6.07 Å². The topological polar surface area (TPSA) is 107 Å². The number of piperazine rings is 1. The third kappa shape index (κ3) is 5.09. The maximum absolute atomic E-state index is 6.48. The number of thiophene rings is 1. The highest BCUT2D eigenvalue weighted by Crippen LogP contribution is 2.47. The standard InChI is InChI=1S/C24H25N7O2S.3ClH/c1-14-7-15-9-19(34-23(15)17(8-14)32-2)21-20(18-10-27-13-33-18)16(11-30-5-3-26-4-6-30)31-22(21)24(25)28-12-29-31;;;/h7-10,12-13,26H,3-6,11H2,1-2H3,(H2,25,28,29);3*1H. The lowest BCUT2D eigenvalue weighted by atomic mass is 10.0. The number of nitrogen functional groups attached to an aromatic ring is 1. The number of hydrogen-bond donors (Lipinski definition) is 2. The number of benzene rings is 1. The maximum atomic E-state index is 6.48. The number of aryl methyl sites for hydroxylation is 1. The molecule has 0 spiro atoms. The Morgan fingerprint density at radius 2 is 1.92 bits per heavy atom. The van der Waals surface area contributed by atoms with Crippen molar-refractivity contribution < 1.29 is 9.15 Å². The molecule has 3 N–H and O–H groups in total. The number of methoxy groups -OCH3 is 1. The Morgan fingerprint density at radius 1 is 1.14 bits per heavy atom. The SMILES string of the molecule is COc1cc(C)cc2cc(-c3c(-c4cnco4)c(CN4CCNCC4)n4ncnc(N)c34)sc12.Cl.Cl.Cl. The van der Waals surface area contributed by atoms with Gasteiger partial charge in [0.2, 0.25) is 0 Å². The zero-order valence-corrected chi connectivity index (χ0v) is 23.5. The third-order valence-corrected chi connectivity index (χ3v) is 7.49. The van der Waals surface area contributed by atoms with Crippen molar-refractivity contribution in [3.63, 3.8) is 0 Å². The van der Waals surface area contributed by atoms with E-state index in [4.69, 9.17) is 14.9 Å². The fourth-order valence-electron chi connectivity index (χ4n) is 4.78. The molecule has 0 bridgehead atoms. The van der Waals surface area contributed by atoms with Crippen molar-refractivity contribution in [3.8, 4) is 27.5 Å². The first-order valence-corrected chi connectivity index (χ1v) is 12.0. The lowest BCUT2D eigenvalue weighted by Crippen LogP contribution is -2.43. The summed E-state index contributed by atoms with van der Waals surface area (Å²) >= 11 is 1.67. The molecule has 0 unspecified atom stereocenters. The van der Waals surface area contributed by atoms with Crippen LogP contribution >= 0.6 is 48.6 Å². The van der Waals surface area contributed by atoms with Crippen LogP contribution in [-0.2, 0) is 6.54 Å². The fraction of sp³-hybridized carbons (Fsp3) is 0.292. The van der Waals surface area contributed by atoms with E-state index in [1.54, 1.807) is 24.6 Å². The summed E-state index contributed by atoms with van der Waals surface area (Å²) in [5.74, 6) is 1.98. The number of halogens is 3. The van der Waals surface area contributed by atoms with E-state index in [-0.39, 0.29) is 37.2 Å². The molecule has 1 aliphatic rings. The molecule has 9 nitrogen and oxygen atoms in total. The predicted octanol–water partition coefficient (Wildman–Crippen LogP) is 4.84. The van der Waals surface area contributed by atoms with E-state index < -0.39 is 0 Å². The van der Waals surface area contributed by atoms with Gasteiger partial charge in [0.05, 0.1) is 29.3 Å². The van der Waals surface area contributed by atoms with Crippen LogP contribution in [0, 0.1) is 6.92 Å². The minimum Gasteiger partial charge on any atom is -0.495 e. The Labute approximate surface area is 236 Å². The molecule has 0 atom stereocenters. The maximum Gasteiger partial charge on any atom is 0.181 e. The van der Waals surface area contributed by atoms with Crippen LogP contribution in [0.3, 0.4) is 0 Å². The summed E-state index contributed by atoms with van der Waals surface area (Å²) in [7, 11) is 1.71. The van der Waals surface area contributed by atoms with Gasteiger partial charge in [0.1, 0.15) is 17.6 Å². The van der Waals surface area contributed by atoms with Crippen LogP contribution in [0.1, 0.15) is 11.3 Å². The highest BCUT2D eigenvalue weighted by Gasteiger charge is 2.28. The Hall–Kier alpha value is -2.60. The lowest BCUT2D eigenvalue weighted by Gasteiger charge is -2.27. The van der Waals surface area contributed by atoms with E-state index in [2.05, 4.69) is 50.4 Å². The van der Waals surface area contributed by atoms with Crippen LogP contribution in [0.5, 0.6) is 5.75 Å². The zero-order chi connectivity index (χ0) is 23.2. The Morgan fingerprint density at radius 3 is 2.62 bits per heavy atom. The quantitative estimate of drug-likeness (QED) is 0.302. The van der Waals surface area contributed by atoms with Gasteiger partial charge in [-0.2, -0.15) is 5.10 Å². The first-order chi connectivity index (χ1) is 16.6. The van der Waals surface area contributed by atoms with Crippen LogP contribution < -0.4 is 15.8 Å². The Kier molecular flexibility index (Phi) is 9.27. The van der Waals surface area contributed by atoms with E-state index in [9.17, 15) is 0 Å².